The van der Waals surface area contributed by atoms with Gasteiger partial charge in [-0.1, -0.05) is 0 Å². The molecule has 0 saturated carbocycles. The first-order chi connectivity index (χ1) is 16.0. The molecule has 10 heteroatoms. The molecule has 0 spiro atoms. The van der Waals surface area contributed by atoms with Crippen molar-refractivity contribution in [3.8, 4) is 22.9 Å². The summed E-state index contributed by atoms with van der Waals surface area (Å²) in [6, 6.07) is 7.53. The smallest absolute Gasteiger partial charge is 0.223 e. The molecule has 0 aliphatic carbocycles. The Kier molecular flexibility index (Phi) is 7.02. The van der Waals surface area contributed by atoms with Crippen LogP contribution in [0.1, 0.15) is 12.0 Å². The molecule has 0 radical (unpaired) electrons. The maximum atomic E-state index is 13.1. The van der Waals surface area contributed by atoms with Crippen LogP contribution in [-0.4, -0.2) is 64.8 Å². The van der Waals surface area contributed by atoms with Crippen molar-refractivity contribution >= 4 is 11.6 Å². The van der Waals surface area contributed by atoms with E-state index < -0.39 is 19.3 Å². The molecule has 1 aliphatic rings. The molecule has 0 amide bonds. The van der Waals surface area contributed by atoms with Crippen LogP contribution < -0.4 is 14.8 Å². The number of nitrogens with zero attached hydrogens (tertiary/aromatic N) is 5. The van der Waals surface area contributed by atoms with E-state index in [0.717, 1.165) is 16.7 Å². The third-order valence-corrected chi connectivity index (χ3v) is 5.53. The predicted octanol–water partition coefficient (Wildman–Crippen LogP) is 3.77. The number of hydrogen-bond acceptors (Lipinski definition) is 7. The molecule has 1 aliphatic heterocycles. The molecule has 0 aromatic carbocycles. The van der Waals surface area contributed by atoms with Crippen LogP contribution in [0, 0.1) is 5.92 Å². The number of halogens is 2. The third kappa shape index (κ3) is 5.39. The van der Waals surface area contributed by atoms with Gasteiger partial charge in [-0.05, 0) is 37.7 Å². The van der Waals surface area contributed by atoms with Crippen molar-refractivity contribution in [1.82, 2.24) is 24.6 Å². The van der Waals surface area contributed by atoms with Gasteiger partial charge in [-0.2, -0.15) is 15.1 Å². The van der Waals surface area contributed by atoms with Crippen LogP contribution >= 0.6 is 0 Å². The summed E-state index contributed by atoms with van der Waals surface area (Å²) in [6.07, 6.45) is 3.60. The first kappa shape index (κ1) is 22.9. The summed E-state index contributed by atoms with van der Waals surface area (Å²) in [7, 11) is 5.37. The average molecular weight is 459 g/mol. The SMILES string of the molecule is COc1nc(Nc2ccc3c(n2)OC(CC(CF)CF)CN(C)C3)ccc1-c1cnn(C)c1. The van der Waals surface area contributed by atoms with Crippen LogP contribution in [0.3, 0.4) is 0 Å². The second kappa shape index (κ2) is 10.1. The minimum atomic E-state index is -0.704. The molecule has 3 aromatic rings. The Morgan fingerprint density at radius 2 is 1.91 bits per heavy atom. The Morgan fingerprint density at radius 3 is 2.61 bits per heavy atom. The number of fused-ring (bicyclic) bond motifs is 1. The molecule has 176 valence electrons. The molecular weight excluding hydrogens is 430 g/mol. The number of anilines is 2. The van der Waals surface area contributed by atoms with Crippen LogP contribution in [0.4, 0.5) is 20.4 Å². The van der Waals surface area contributed by atoms with Crippen LogP contribution in [0.25, 0.3) is 11.1 Å². The highest BCUT2D eigenvalue weighted by molar-refractivity contribution is 5.70. The normalized spacial score (nSPS) is 16.2. The zero-order chi connectivity index (χ0) is 23.4. The maximum absolute atomic E-state index is 13.1. The minimum Gasteiger partial charge on any atom is -0.480 e. The summed E-state index contributed by atoms with van der Waals surface area (Å²) >= 11 is 0. The highest BCUT2D eigenvalue weighted by Crippen LogP contribution is 2.31. The van der Waals surface area contributed by atoms with Crippen LogP contribution in [-0.2, 0) is 13.6 Å². The Balaban J connectivity index is 1.54. The van der Waals surface area contributed by atoms with Crippen molar-refractivity contribution in [2.24, 2.45) is 13.0 Å². The molecule has 1 unspecified atom stereocenters. The maximum Gasteiger partial charge on any atom is 0.223 e. The van der Waals surface area contributed by atoms with Crippen LogP contribution in [0.15, 0.2) is 36.7 Å². The van der Waals surface area contributed by atoms with Gasteiger partial charge in [0.15, 0.2) is 0 Å². The molecule has 4 rings (SSSR count). The molecular formula is C23H28F2N6O2. The number of hydrogen-bond donors (Lipinski definition) is 1. The van der Waals surface area contributed by atoms with E-state index in [2.05, 4.69) is 25.3 Å². The van der Waals surface area contributed by atoms with Crippen molar-refractivity contribution in [2.75, 3.05) is 39.4 Å². The second-order valence-electron chi connectivity index (χ2n) is 8.29. The van der Waals surface area contributed by atoms with Crippen molar-refractivity contribution in [1.29, 1.82) is 0 Å². The van der Waals surface area contributed by atoms with Gasteiger partial charge in [0.25, 0.3) is 0 Å². The van der Waals surface area contributed by atoms with Crippen molar-refractivity contribution < 1.29 is 18.3 Å². The van der Waals surface area contributed by atoms with Crippen LogP contribution in [0.2, 0.25) is 0 Å². The van der Waals surface area contributed by atoms with Gasteiger partial charge in [0.1, 0.15) is 17.7 Å². The lowest BCUT2D eigenvalue weighted by Crippen LogP contribution is -2.32. The van der Waals surface area contributed by atoms with Gasteiger partial charge in [-0.25, -0.2) is 0 Å². The Bertz CT molecular complexity index is 1090. The Labute approximate surface area is 191 Å². The second-order valence-corrected chi connectivity index (χ2v) is 8.29. The van der Waals surface area contributed by atoms with Gasteiger partial charge in [-0.3, -0.25) is 18.4 Å². The first-order valence-corrected chi connectivity index (χ1v) is 10.8. The fourth-order valence-electron chi connectivity index (χ4n) is 3.90. The number of aromatic nitrogens is 4. The lowest BCUT2D eigenvalue weighted by Gasteiger charge is -2.22. The molecule has 1 atom stereocenters. The molecule has 4 heterocycles. The Morgan fingerprint density at radius 1 is 1.15 bits per heavy atom. The topological polar surface area (TPSA) is 77.3 Å². The summed E-state index contributed by atoms with van der Waals surface area (Å²) < 4.78 is 39.4. The van der Waals surface area contributed by atoms with E-state index in [4.69, 9.17) is 9.47 Å². The van der Waals surface area contributed by atoms with Gasteiger partial charge in [0.2, 0.25) is 11.8 Å². The van der Waals surface area contributed by atoms with Gasteiger partial charge < -0.3 is 14.8 Å². The number of ether oxygens (including phenoxy) is 2. The number of rotatable bonds is 8. The largest absolute Gasteiger partial charge is 0.480 e. The number of aryl methyl sites for hydroxylation is 1. The number of nitrogens with one attached hydrogen (secondary N) is 1. The lowest BCUT2D eigenvalue weighted by molar-refractivity contribution is 0.116. The summed E-state index contributed by atoms with van der Waals surface area (Å²) in [5.41, 5.74) is 2.65. The van der Waals surface area contributed by atoms with Gasteiger partial charge in [0, 0.05) is 48.9 Å². The van der Waals surface area contributed by atoms with E-state index >= 15 is 0 Å². The quantitative estimate of drug-likeness (QED) is 0.551. The minimum absolute atomic E-state index is 0.296. The molecule has 0 fully saturated rings. The molecule has 0 bridgehead atoms. The standard InChI is InChI=1S/C23H28F2N6O2/c1-30-12-16-4-6-20(28-22(16)33-18(14-30)8-15(9-24)10-25)27-21-7-5-19(23(29-21)32-3)17-11-26-31(2)13-17/h4-7,11,13,15,18H,8-10,12,14H2,1-3H3,(H,27,28,29). The fraction of sp³-hybridized carbons (Fsp3) is 0.435. The monoisotopic (exact) mass is 458 g/mol. The number of alkyl halides is 2. The highest BCUT2D eigenvalue weighted by Gasteiger charge is 2.25. The predicted molar refractivity (Wildman–Crippen MR) is 121 cm³/mol. The molecule has 0 saturated heterocycles. The van der Waals surface area contributed by atoms with Crippen molar-refractivity contribution in [2.45, 2.75) is 19.1 Å². The first-order valence-electron chi connectivity index (χ1n) is 10.8. The molecule has 3 aromatic heterocycles. The lowest BCUT2D eigenvalue weighted by atomic mass is 10.0. The summed E-state index contributed by atoms with van der Waals surface area (Å²) in [5.74, 6) is 1.37. The summed E-state index contributed by atoms with van der Waals surface area (Å²) in [6.45, 7) is -0.194. The van der Waals surface area contributed by atoms with Gasteiger partial charge in [0.05, 0.1) is 26.7 Å². The molecule has 1 N–H and O–H groups in total. The number of pyridine rings is 2. The molecule has 8 nitrogen and oxygen atoms in total. The number of methoxy groups -OCH3 is 1. The Hall–Kier alpha value is -3.27. The zero-order valence-corrected chi connectivity index (χ0v) is 19.0. The van der Waals surface area contributed by atoms with E-state index in [1.54, 1.807) is 18.0 Å². The summed E-state index contributed by atoms with van der Waals surface area (Å²) in [5, 5.41) is 7.38. The fourth-order valence-corrected chi connectivity index (χ4v) is 3.90. The van der Waals surface area contributed by atoms with Gasteiger partial charge in [-0.15, -0.1) is 0 Å². The van der Waals surface area contributed by atoms with Crippen molar-refractivity contribution in [3.05, 3.63) is 42.2 Å². The van der Waals surface area contributed by atoms with Crippen LogP contribution in [0.5, 0.6) is 11.8 Å². The van der Waals surface area contributed by atoms with E-state index in [0.29, 0.717) is 42.9 Å². The third-order valence-electron chi connectivity index (χ3n) is 5.53. The summed E-state index contributed by atoms with van der Waals surface area (Å²) in [4.78, 5) is 11.2. The van der Waals surface area contributed by atoms with E-state index in [1.807, 2.05) is 44.6 Å². The van der Waals surface area contributed by atoms with E-state index in [9.17, 15) is 8.78 Å². The highest BCUT2D eigenvalue weighted by atomic mass is 19.1. The molecule has 33 heavy (non-hydrogen) atoms. The average Bonchev–Trinajstić information content (AvgIpc) is 3.17. The van der Waals surface area contributed by atoms with E-state index in [1.165, 1.54) is 0 Å². The van der Waals surface area contributed by atoms with E-state index in [-0.39, 0.29) is 6.10 Å². The zero-order valence-electron chi connectivity index (χ0n) is 19.0. The van der Waals surface area contributed by atoms with Gasteiger partial charge >= 0.3 is 0 Å². The van der Waals surface area contributed by atoms with Crippen molar-refractivity contribution in [3.63, 3.8) is 0 Å². The number of likely N-dealkylation sites (N-methyl/N-ethyl adjacent to an activating group) is 1.